The van der Waals surface area contributed by atoms with Gasteiger partial charge in [0.2, 0.25) is 5.91 Å². The van der Waals surface area contributed by atoms with Gasteiger partial charge in [-0.25, -0.2) is 0 Å². The van der Waals surface area contributed by atoms with Crippen LogP contribution in [-0.4, -0.2) is 28.4 Å². The number of nitrogens with zero attached hydrogens (tertiary/aromatic N) is 1. The predicted octanol–water partition coefficient (Wildman–Crippen LogP) is 8.17. The second kappa shape index (κ2) is 10.8. The van der Waals surface area contributed by atoms with Crippen LogP contribution in [0.4, 0.5) is 5.69 Å². The lowest BCUT2D eigenvalue weighted by molar-refractivity contribution is -0.122. The zero-order valence-electron chi connectivity index (χ0n) is 24.3. The number of Topliss-reactive ketones (excluding diaryl/α,β-unsaturated/α-hetero) is 2. The Kier molecular flexibility index (Phi) is 6.99. The van der Waals surface area contributed by atoms with E-state index in [1.807, 2.05) is 90.0 Å². The average molecular weight is 622 g/mol. The zero-order valence-corrected chi connectivity index (χ0v) is 25.8. The van der Waals surface area contributed by atoms with E-state index in [9.17, 15) is 9.59 Å². The predicted molar refractivity (Wildman–Crippen MR) is 174 cm³/mol. The molecular formula is C37H30Cl2N2O3. The molecule has 0 bridgehead atoms. The van der Waals surface area contributed by atoms with Crippen molar-refractivity contribution >= 4 is 52.4 Å². The van der Waals surface area contributed by atoms with Crippen LogP contribution in [0.5, 0.6) is 0 Å². The van der Waals surface area contributed by atoms with Gasteiger partial charge in [0, 0.05) is 28.0 Å². The number of halogens is 2. The number of anilines is 1. The molecule has 4 aromatic carbocycles. The van der Waals surface area contributed by atoms with Gasteiger partial charge >= 0.3 is 0 Å². The highest BCUT2D eigenvalue weighted by molar-refractivity contribution is 6.37. The number of fused-ring (bicyclic) bond motifs is 6. The molecule has 7 heteroatoms. The van der Waals surface area contributed by atoms with E-state index in [1.54, 1.807) is 12.1 Å². The van der Waals surface area contributed by atoms with Crippen molar-refractivity contribution in [3.8, 4) is 0 Å². The van der Waals surface area contributed by atoms with E-state index >= 15 is 4.79 Å². The largest absolute Gasteiger partial charge is 0.358 e. The van der Waals surface area contributed by atoms with Gasteiger partial charge in [-0.05, 0) is 64.9 Å². The highest BCUT2D eigenvalue weighted by atomic mass is 35.5. The second-order valence-corrected chi connectivity index (χ2v) is 13.1. The molecule has 1 saturated heterocycles. The van der Waals surface area contributed by atoms with Crippen molar-refractivity contribution in [1.29, 1.82) is 0 Å². The molecule has 4 aromatic rings. The summed E-state index contributed by atoms with van der Waals surface area (Å²) in [5.41, 5.74) is 3.60. The molecule has 1 N–H and O–H groups in total. The monoisotopic (exact) mass is 620 g/mol. The first-order valence-corrected chi connectivity index (χ1v) is 15.6. The molecule has 0 radical (unpaired) electrons. The SMILES string of the molecule is CC(C)Cc1ccc(C(=O)[C@@H]2[C@H](C(=O)c3ccc(Cl)cc3Cl)N3C=Cc4ccccc4[C@@H]3[C@@]23C(=O)Nc2ccccc23)cc1. The van der Waals surface area contributed by atoms with Crippen molar-refractivity contribution in [1.82, 2.24) is 4.90 Å². The standard InChI is InChI=1S/C37H30Cl2N2O3/c1-21(2)19-22-11-13-24(14-12-22)33(42)31-32(34(43)27-16-15-25(38)20-29(27)39)41-18-17-23-7-3-4-8-26(23)35(41)37(31)28-9-5-6-10-30(28)40-36(37)44/h3-18,20-21,31-32,35H,19H2,1-2H3,(H,40,44)/t31-,32+,35+,37-/m0/s1. The summed E-state index contributed by atoms with van der Waals surface area (Å²) in [7, 11) is 0. The molecule has 3 aliphatic rings. The normalized spacial score (nSPS) is 23.0. The molecule has 0 unspecified atom stereocenters. The van der Waals surface area contributed by atoms with Crippen LogP contribution in [0.25, 0.3) is 6.08 Å². The van der Waals surface area contributed by atoms with E-state index < -0.39 is 23.4 Å². The van der Waals surface area contributed by atoms with Crippen LogP contribution in [0.3, 0.4) is 0 Å². The van der Waals surface area contributed by atoms with Gasteiger partial charge in [0.05, 0.1) is 17.0 Å². The molecule has 44 heavy (non-hydrogen) atoms. The molecule has 0 aliphatic carbocycles. The van der Waals surface area contributed by atoms with Gasteiger partial charge in [-0.2, -0.15) is 0 Å². The van der Waals surface area contributed by atoms with Crippen LogP contribution in [-0.2, 0) is 16.6 Å². The fourth-order valence-corrected chi connectivity index (χ4v) is 7.97. The fourth-order valence-electron chi connectivity index (χ4n) is 7.47. The maximum atomic E-state index is 15.0. The lowest BCUT2D eigenvalue weighted by Crippen LogP contribution is -2.49. The number of amides is 1. The number of para-hydroxylation sites is 1. The van der Waals surface area contributed by atoms with Gasteiger partial charge in [0.15, 0.2) is 11.6 Å². The van der Waals surface area contributed by atoms with Gasteiger partial charge < -0.3 is 10.2 Å². The molecule has 0 saturated carbocycles. The smallest absolute Gasteiger partial charge is 0.238 e. The molecular weight excluding hydrogens is 591 g/mol. The third-order valence-electron chi connectivity index (χ3n) is 9.20. The third-order valence-corrected chi connectivity index (χ3v) is 9.75. The quantitative estimate of drug-likeness (QED) is 0.221. The minimum atomic E-state index is -1.40. The maximum Gasteiger partial charge on any atom is 0.238 e. The molecule has 3 aliphatic heterocycles. The molecule has 1 spiro atoms. The van der Waals surface area contributed by atoms with Crippen LogP contribution in [0, 0.1) is 11.8 Å². The molecule has 3 heterocycles. The van der Waals surface area contributed by atoms with Crippen LogP contribution >= 0.6 is 23.2 Å². The molecule has 0 aromatic heterocycles. The van der Waals surface area contributed by atoms with E-state index in [0.717, 1.165) is 23.1 Å². The van der Waals surface area contributed by atoms with Gasteiger partial charge in [0.1, 0.15) is 11.5 Å². The number of benzene rings is 4. The van der Waals surface area contributed by atoms with E-state index in [0.29, 0.717) is 27.8 Å². The summed E-state index contributed by atoms with van der Waals surface area (Å²) in [6, 6.07) is 26.0. The third kappa shape index (κ3) is 4.25. The van der Waals surface area contributed by atoms with Crippen LogP contribution in [0.1, 0.15) is 62.9 Å². The van der Waals surface area contributed by atoms with E-state index in [1.165, 1.54) is 6.07 Å². The topological polar surface area (TPSA) is 66.5 Å². The van der Waals surface area contributed by atoms with Crippen molar-refractivity contribution in [2.45, 2.75) is 37.8 Å². The Labute approximate surface area is 266 Å². The number of hydrogen-bond acceptors (Lipinski definition) is 4. The Morgan fingerprint density at radius 2 is 1.64 bits per heavy atom. The van der Waals surface area contributed by atoms with Crippen molar-refractivity contribution in [3.05, 3.63) is 141 Å². The van der Waals surface area contributed by atoms with Crippen molar-refractivity contribution in [3.63, 3.8) is 0 Å². The number of nitrogens with one attached hydrogen (secondary N) is 1. The van der Waals surface area contributed by atoms with Crippen molar-refractivity contribution in [2.75, 3.05) is 5.32 Å². The van der Waals surface area contributed by atoms with Crippen molar-refractivity contribution in [2.24, 2.45) is 11.8 Å². The minimum Gasteiger partial charge on any atom is -0.358 e. The maximum absolute atomic E-state index is 15.0. The number of ketones is 2. The molecule has 1 fully saturated rings. The van der Waals surface area contributed by atoms with Crippen molar-refractivity contribution < 1.29 is 14.4 Å². The Balaban J connectivity index is 1.49. The Bertz CT molecular complexity index is 1870. The first-order chi connectivity index (χ1) is 21.2. The lowest BCUT2D eigenvalue weighted by Gasteiger charge is -2.38. The van der Waals surface area contributed by atoms with Crippen LogP contribution < -0.4 is 5.32 Å². The molecule has 1 amide bonds. The first kappa shape index (κ1) is 28.6. The number of rotatable bonds is 6. The molecule has 220 valence electrons. The summed E-state index contributed by atoms with van der Waals surface area (Å²) >= 11 is 12.8. The van der Waals surface area contributed by atoms with Crippen LogP contribution in [0.2, 0.25) is 10.0 Å². The molecule has 4 atom stereocenters. The number of hydrogen-bond donors (Lipinski definition) is 1. The van der Waals surface area contributed by atoms with E-state index in [2.05, 4.69) is 19.2 Å². The van der Waals surface area contributed by atoms with E-state index in [-0.39, 0.29) is 28.1 Å². The summed E-state index contributed by atoms with van der Waals surface area (Å²) in [4.78, 5) is 46.2. The number of carbonyl (C=O) groups excluding carboxylic acids is 3. The van der Waals surface area contributed by atoms with Gasteiger partial charge in [-0.1, -0.05) is 104 Å². The lowest BCUT2D eigenvalue weighted by atomic mass is 9.62. The molecule has 5 nitrogen and oxygen atoms in total. The summed E-state index contributed by atoms with van der Waals surface area (Å²) in [5.74, 6) is -1.52. The minimum absolute atomic E-state index is 0.196. The van der Waals surface area contributed by atoms with Gasteiger partial charge in [0.25, 0.3) is 0 Å². The van der Waals surface area contributed by atoms with Gasteiger partial charge in [-0.3, -0.25) is 14.4 Å². The summed E-state index contributed by atoms with van der Waals surface area (Å²) in [6.07, 6.45) is 4.68. The fraction of sp³-hybridized carbons (Fsp3) is 0.216. The van der Waals surface area contributed by atoms with Gasteiger partial charge in [-0.15, -0.1) is 0 Å². The number of carbonyl (C=O) groups is 3. The summed E-state index contributed by atoms with van der Waals surface area (Å²) < 4.78 is 0. The summed E-state index contributed by atoms with van der Waals surface area (Å²) in [5, 5.41) is 3.68. The zero-order chi connectivity index (χ0) is 30.7. The highest BCUT2D eigenvalue weighted by Gasteiger charge is 2.70. The van der Waals surface area contributed by atoms with Crippen LogP contribution in [0.15, 0.2) is 97.2 Å². The summed E-state index contributed by atoms with van der Waals surface area (Å²) in [6.45, 7) is 4.30. The Hall–Kier alpha value is -4.19. The average Bonchev–Trinajstić information content (AvgIpc) is 3.49. The van der Waals surface area contributed by atoms with E-state index in [4.69, 9.17) is 23.2 Å². The Morgan fingerprint density at radius 1 is 0.909 bits per heavy atom. The highest BCUT2D eigenvalue weighted by Crippen LogP contribution is 2.62. The Morgan fingerprint density at radius 3 is 2.39 bits per heavy atom. The molecule has 7 rings (SSSR count). The second-order valence-electron chi connectivity index (χ2n) is 12.2. The first-order valence-electron chi connectivity index (χ1n) is 14.8.